The molecule has 0 fully saturated rings. The van der Waals surface area contributed by atoms with Crippen LogP contribution in [0.25, 0.3) is 11.2 Å². The van der Waals surface area contributed by atoms with Crippen LogP contribution in [0.15, 0.2) is 32.9 Å². The van der Waals surface area contributed by atoms with Crippen LogP contribution in [0.5, 0.6) is 0 Å². The molecule has 9 nitrogen and oxygen atoms in total. The van der Waals surface area contributed by atoms with Crippen molar-refractivity contribution in [1.82, 2.24) is 18.7 Å². The Bertz CT molecular complexity index is 1290. The van der Waals surface area contributed by atoms with Gasteiger partial charge in [0.2, 0.25) is 5.95 Å². The molecule has 0 radical (unpaired) electrons. The Balaban J connectivity index is 1.88. The number of benzene rings is 1. The van der Waals surface area contributed by atoms with E-state index in [1.807, 2.05) is 13.8 Å². The highest BCUT2D eigenvalue weighted by atomic mass is 35.5. The first-order chi connectivity index (χ1) is 14.8. The smallest absolute Gasteiger partial charge is 0.332 e. The predicted octanol–water partition coefficient (Wildman–Crippen LogP) is 1.97. The Morgan fingerprint density at radius 1 is 1.29 bits per heavy atom. The molecule has 1 aliphatic rings. The Morgan fingerprint density at radius 3 is 2.77 bits per heavy atom. The van der Waals surface area contributed by atoms with Gasteiger partial charge in [-0.3, -0.25) is 18.5 Å². The predicted molar refractivity (Wildman–Crippen MR) is 117 cm³/mol. The summed E-state index contributed by atoms with van der Waals surface area (Å²) in [5.74, 6) is -0.129. The first-order valence-corrected chi connectivity index (χ1v) is 10.2. The zero-order valence-corrected chi connectivity index (χ0v) is 18.2. The standard InChI is InChI=1S/C20H22ClFN6O3/c1-4-31-9-8-28-19-23-17-16(26(19)10-12(2)24-28)18(29)27(20(30)25(17)3)11-13-14(21)6-5-7-15(13)22/h5-7H,4,8-11H2,1-3H3. The first-order valence-electron chi connectivity index (χ1n) is 9.85. The maximum atomic E-state index is 14.3. The van der Waals surface area contributed by atoms with E-state index >= 15 is 0 Å². The van der Waals surface area contributed by atoms with Crippen LogP contribution in [0.3, 0.4) is 0 Å². The lowest BCUT2D eigenvalue weighted by atomic mass is 10.2. The molecule has 3 heterocycles. The van der Waals surface area contributed by atoms with E-state index < -0.39 is 17.1 Å². The topological polar surface area (TPSA) is 86.7 Å². The van der Waals surface area contributed by atoms with Crippen molar-refractivity contribution < 1.29 is 9.13 Å². The molecule has 0 bridgehead atoms. The van der Waals surface area contributed by atoms with Gasteiger partial charge in [-0.05, 0) is 26.0 Å². The van der Waals surface area contributed by atoms with Gasteiger partial charge in [-0.25, -0.2) is 14.2 Å². The molecule has 0 saturated carbocycles. The van der Waals surface area contributed by atoms with E-state index in [9.17, 15) is 14.0 Å². The molecule has 0 saturated heterocycles. The highest BCUT2D eigenvalue weighted by molar-refractivity contribution is 6.31. The summed E-state index contributed by atoms with van der Waals surface area (Å²) in [5.41, 5.74) is 0.186. The van der Waals surface area contributed by atoms with E-state index in [0.717, 1.165) is 10.3 Å². The number of hydrogen-bond acceptors (Lipinski definition) is 6. The first kappa shape index (κ1) is 21.3. The second-order valence-electron chi connectivity index (χ2n) is 7.26. The van der Waals surface area contributed by atoms with Crippen LogP contribution in [0.1, 0.15) is 19.4 Å². The zero-order chi connectivity index (χ0) is 22.3. The summed E-state index contributed by atoms with van der Waals surface area (Å²) in [5, 5.41) is 6.32. The van der Waals surface area contributed by atoms with Crippen molar-refractivity contribution in [3.8, 4) is 0 Å². The van der Waals surface area contributed by atoms with Crippen LogP contribution in [-0.2, 0) is 24.9 Å². The van der Waals surface area contributed by atoms with E-state index in [4.69, 9.17) is 16.3 Å². The number of hydrazone groups is 1. The van der Waals surface area contributed by atoms with Gasteiger partial charge in [-0.1, -0.05) is 17.7 Å². The summed E-state index contributed by atoms with van der Waals surface area (Å²) in [4.78, 5) is 30.9. The largest absolute Gasteiger partial charge is 0.380 e. The zero-order valence-electron chi connectivity index (χ0n) is 17.4. The van der Waals surface area contributed by atoms with Crippen LogP contribution >= 0.6 is 11.6 Å². The highest BCUT2D eigenvalue weighted by Crippen LogP contribution is 2.24. The number of nitrogens with zero attached hydrogens (tertiary/aromatic N) is 6. The number of fused-ring (bicyclic) bond motifs is 3. The third kappa shape index (κ3) is 3.66. The van der Waals surface area contributed by atoms with Crippen LogP contribution in [-0.4, -0.2) is 44.2 Å². The number of hydrogen-bond donors (Lipinski definition) is 0. The fraction of sp³-hybridized carbons (Fsp3) is 0.400. The molecule has 1 aliphatic heterocycles. The Morgan fingerprint density at radius 2 is 2.06 bits per heavy atom. The second kappa shape index (κ2) is 8.27. The molecule has 0 aliphatic carbocycles. The highest BCUT2D eigenvalue weighted by Gasteiger charge is 2.27. The molecule has 0 unspecified atom stereocenters. The lowest BCUT2D eigenvalue weighted by Crippen LogP contribution is -2.40. The Labute approximate surface area is 181 Å². The van der Waals surface area contributed by atoms with Crippen molar-refractivity contribution in [2.24, 2.45) is 12.1 Å². The van der Waals surface area contributed by atoms with Gasteiger partial charge in [-0.15, -0.1) is 0 Å². The average Bonchev–Trinajstić information content (AvgIpc) is 3.11. The Kier molecular flexibility index (Phi) is 5.67. The van der Waals surface area contributed by atoms with E-state index in [2.05, 4.69) is 10.1 Å². The number of imidazole rings is 1. The molecular weight excluding hydrogens is 427 g/mol. The number of rotatable bonds is 6. The molecule has 0 N–H and O–H groups in total. The van der Waals surface area contributed by atoms with Gasteiger partial charge in [0.1, 0.15) is 5.82 Å². The molecular formula is C20H22ClFN6O3. The molecule has 0 spiro atoms. The summed E-state index contributed by atoms with van der Waals surface area (Å²) in [6.45, 7) is 5.28. The van der Waals surface area contributed by atoms with Crippen LogP contribution in [0, 0.1) is 5.82 Å². The fourth-order valence-electron chi connectivity index (χ4n) is 3.64. The molecule has 0 atom stereocenters. The molecule has 4 rings (SSSR count). The van der Waals surface area contributed by atoms with Gasteiger partial charge in [0.05, 0.1) is 32.0 Å². The lowest BCUT2D eigenvalue weighted by Gasteiger charge is -2.24. The van der Waals surface area contributed by atoms with E-state index in [-0.39, 0.29) is 28.3 Å². The summed E-state index contributed by atoms with van der Waals surface area (Å²) in [7, 11) is 1.53. The van der Waals surface area contributed by atoms with Gasteiger partial charge in [-0.2, -0.15) is 10.1 Å². The molecule has 1 aromatic carbocycles. The molecule has 0 amide bonds. The molecule has 2 aromatic heterocycles. The number of aryl methyl sites for hydroxylation is 1. The maximum Gasteiger partial charge on any atom is 0.332 e. The normalized spacial score (nSPS) is 13.6. The van der Waals surface area contributed by atoms with E-state index in [0.29, 0.717) is 32.3 Å². The second-order valence-corrected chi connectivity index (χ2v) is 7.67. The van der Waals surface area contributed by atoms with E-state index in [1.54, 1.807) is 9.58 Å². The minimum Gasteiger partial charge on any atom is -0.380 e. The Hall–Kier alpha value is -2.98. The van der Waals surface area contributed by atoms with Crippen LogP contribution < -0.4 is 16.3 Å². The van der Waals surface area contributed by atoms with Crippen molar-refractivity contribution in [2.75, 3.05) is 24.8 Å². The molecule has 11 heteroatoms. The summed E-state index contributed by atoms with van der Waals surface area (Å²) < 4.78 is 23.7. The van der Waals surface area contributed by atoms with Gasteiger partial charge < -0.3 is 4.74 Å². The summed E-state index contributed by atoms with van der Waals surface area (Å²) in [6, 6.07) is 4.23. The van der Waals surface area contributed by atoms with Gasteiger partial charge >= 0.3 is 5.69 Å². The molecule has 164 valence electrons. The summed E-state index contributed by atoms with van der Waals surface area (Å²) >= 11 is 6.12. The monoisotopic (exact) mass is 448 g/mol. The van der Waals surface area contributed by atoms with Crippen molar-refractivity contribution in [2.45, 2.75) is 26.9 Å². The number of halogens is 2. The van der Waals surface area contributed by atoms with Crippen LogP contribution in [0.4, 0.5) is 10.3 Å². The summed E-state index contributed by atoms with van der Waals surface area (Å²) in [6.07, 6.45) is 0. The van der Waals surface area contributed by atoms with Crippen molar-refractivity contribution in [3.63, 3.8) is 0 Å². The SMILES string of the molecule is CCOCCN1N=C(C)Cn2c1nc1c2c(=O)n(Cc2c(F)cccc2Cl)c(=O)n1C. The molecule has 3 aromatic rings. The van der Waals surface area contributed by atoms with Crippen molar-refractivity contribution in [3.05, 3.63) is 55.4 Å². The van der Waals surface area contributed by atoms with E-state index in [1.165, 1.54) is 29.8 Å². The lowest BCUT2D eigenvalue weighted by molar-refractivity contribution is 0.153. The third-order valence-corrected chi connectivity index (χ3v) is 5.51. The minimum atomic E-state index is -0.606. The van der Waals surface area contributed by atoms with Gasteiger partial charge in [0.25, 0.3) is 5.56 Å². The van der Waals surface area contributed by atoms with Crippen LogP contribution in [0.2, 0.25) is 5.02 Å². The quantitative estimate of drug-likeness (QED) is 0.538. The number of aromatic nitrogens is 4. The average molecular weight is 449 g/mol. The van der Waals surface area contributed by atoms with Crippen molar-refractivity contribution >= 4 is 34.4 Å². The maximum absolute atomic E-state index is 14.3. The minimum absolute atomic E-state index is 0.0807. The number of anilines is 1. The van der Waals surface area contributed by atoms with Gasteiger partial charge in [0, 0.05) is 24.2 Å². The van der Waals surface area contributed by atoms with Crippen molar-refractivity contribution in [1.29, 1.82) is 0 Å². The number of ether oxygens (including phenoxy) is 1. The third-order valence-electron chi connectivity index (χ3n) is 5.15. The fourth-order valence-corrected chi connectivity index (χ4v) is 3.87. The molecule has 31 heavy (non-hydrogen) atoms. The van der Waals surface area contributed by atoms with Gasteiger partial charge in [0.15, 0.2) is 11.2 Å².